The number of benzene rings is 3. The molecule has 3 aromatic carbocycles. The van der Waals surface area contributed by atoms with Gasteiger partial charge in [0.15, 0.2) is 11.0 Å². The van der Waals surface area contributed by atoms with Gasteiger partial charge in [-0.1, -0.05) is 23.9 Å². The van der Waals surface area contributed by atoms with Crippen molar-refractivity contribution in [1.29, 1.82) is 0 Å². The fraction of sp³-hybridized carbons (Fsp3) is 0.290. The van der Waals surface area contributed by atoms with Gasteiger partial charge in [-0.15, -0.1) is 10.2 Å². The van der Waals surface area contributed by atoms with Crippen LogP contribution < -0.4 is 15.4 Å². The van der Waals surface area contributed by atoms with E-state index >= 15 is 0 Å². The fourth-order valence-corrected chi connectivity index (χ4v) is 6.88. The summed E-state index contributed by atoms with van der Waals surface area (Å²) in [5.41, 5.74) is 3.86. The molecule has 0 aliphatic carbocycles. The Bertz CT molecular complexity index is 1770. The van der Waals surface area contributed by atoms with E-state index in [-0.39, 0.29) is 23.1 Å². The van der Waals surface area contributed by atoms with Gasteiger partial charge < -0.3 is 20.1 Å². The van der Waals surface area contributed by atoms with Gasteiger partial charge in [0.05, 0.1) is 43.2 Å². The lowest BCUT2D eigenvalue weighted by Crippen LogP contribution is -2.40. The van der Waals surface area contributed by atoms with E-state index in [0.29, 0.717) is 54.3 Å². The SMILES string of the molecule is COc1ccc(NC(=O)CSc2nnc(CNC(=O)c3ccc(S(=O)(=O)N4CCOCC4)cc3)n2-c2cccc(C)c2C)cc1. The third kappa shape index (κ3) is 7.53. The van der Waals surface area contributed by atoms with E-state index in [2.05, 4.69) is 20.8 Å². The Morgan fingerprint density at radius 1 is 0.978 bits per heavy atom. The topological polar surface area (TPSA) is 145 Å². The van der Waals surface area contributed by atoms with Crippen molar-refractivity contribution in [3.05, 3.63) is 89.2 Å². The van der Waals surface area contributed by atoms with Crippen LogP contribution in [0, 0.1) is 13.8 Å². The molecule has 4 aromatic rings. The van der Waals surface area contributed by atoms with Crippen LogP contribution in [-0.2, 0) is 26.1 Å². The number of carbonyl (C=O) groups is 2. The minimum Gasteiger partial charge on any atom is -0.497 e. The predicted molar refractivity (Wildman–Crippen MR) is 170 cm³/mol. The van der Waals surface area contributed by atoms with E-state index in [9.17, 15) is 18.0 Å². The van der Waals surface area contributed by atoms with E-state index in [0.717, 1.165) is 16.8 Å². The molecule has 0 unspecified atom stereocenters. The number of sulfonamides is 1. The van der Waals surface area contributed by atoms with Crippen LogP contribution in [0.15, 0.2) is 76.8 Å². The summed E-state index contributed by atoms with van der Waals surface area (Å²) in [6.07, 6.45) is 0. The second kappa shape index (κ2) is 14.2. The molecule has 12 nitrogen and oxygen atoms in total. The Balaban J connectivity index is 1.29. The molecule has 1 fully saturated rings. The zero-order valence-electron chi connectivity index (χ0n) is 25.1. The fourth-order valence-electron chi connectivity index (χ4n) is 4.71. The quantitative estimate of drug-likeness (QED) is 0.233. The molecule has 2 heterocycles. The highest BCUT2D eigenvalue weighted by atomic mass is 32.2. The Labute approximate surface area is 266 Å². The van der Waals surface area contributed by atoms with Crippen molar-refractivity contribution in [2.45, 2.75) is 30.4 Å². The molecule has 1 aliphatic rings. The number of anilines is 1. The largest absolute Gasteiger partial charge is 0.497 e. The van der Waals surface area contributed by atoms with Gasteiger partial charge in [-0.05, 0) is 79.6 Å². The molecular formula is C31H34N6O6S2. The van der Waals surface area contributed by atoms with E-state index < -0.39 is 15.9 Å². The number of morpholine rings is 1. The molecule has 5 rings (SSSR count). The maximum atomic E-state index is 13.1. The van der Waals surface area contributed by atoms with Crippen molar-refractivity contribution in [3.8, 4) is 11.4 Å². The van der Waals surface area contributed by atoms with Crippen LogP contribution in [-0.4, -0.2) is 78.5 Å². The Morgan fingerprint density at radius 2 is 1.69 bits per heavy atom. The van der Waals surface area contributed by atoms with Gasteiger partial charge in [0.1, 0.15) is 5.75 Å². The summed E-state index contributed by atoms with van der Waals surface area (Å²) < 4.78 is 39.5. The number of hydrogen-bond acceptors (Lipinski definition) is 9. The maximum absolute atomic E-state index is 13.1. The van der Waals surface area contributed by atoms with Gasteiger partial charge in [0, 0.05) is 24.3 Å². The minimum atomic E-state index is -3.67. The molecule has 1 saturated heterocycles. The number of hydrogen-bond donors (Lipinski definition) is 2. The van der Waals surface area contributed by atoms with Gasteiger partial charge in [-0.2, -0.15) is 4.31 Å². The van der Waals surface area contributed by atoms with Gasteiger partial charge in [-0.25, -0.2) is 8.42 Å². The van der Waals surface area contributed by atoms with Gasteiger partial charge in [0.2, 0.25) is 15.9 Å². The van der Waals surface area contributed by atoms with E-state index in [1.807, 2.05) is 36.6 Å². The number of aromatic nitrogens is 3. The third-order valence-electron chi connectivity index (χ3n) is 7.35. The first-order valence-corrected chi connectivity index (χ1v) is 16.6. The first-order chi connectivity index (χ1) is 21.7. The second-order valence-electron chi connectivity index (χ2n) is 10.2. The van der Waals surface area contributed by atoms with Crippen LogP contribution in [0.25, 0.3) is 5.69 Å². The average Bonchev–Trinajstić information content (AvgIpc) is 3.47. The summed E-state index contributed by atoms with van der Waals surface area (Å²) in [5, 5.41) is 14.9. The lowest BCUT2D eigenvalue weighted by molar-refractivity contribution is -0.113. The normalized spacial score (nSPS) is 13.8. The second-order valence-corrected chi connectivity index (χ2v) is 13.1. The van der Waals surface area contributed by atoms with Crippen molar-refractivity contribution in [3.63, 3.8) is 0 Å². The predicted octanol–water partition coefficient (Wildman–Crippen LogP) is 3.57. The molecule has 2 N–H and O–H groups in total. The Morgan fingerprint density at radius 3 is 2.38 bits per heavy atom. The summed E-state index contributed by atoms with van der Waals surface area (Å²) >= 11 is 1.23. The Hall–Kier alpha value is -4.24. The number of ether oxygens (including phenoxy) is 2. The smallest absolute Gasteiger partial charge is 0.251 e. The van der Waals surface area contributed by atoms with Gasteiger partial charge in [-0.3, -0.25) is 14.2 Å². The number of nitrogens with zero attached hydrogens (tertiary/aromatic N) is 4. The van der Waals surface area contributed by atoms with Crippen LogP contribution in [0.4, 0.5) is 5.69 Å². The van der Waals surface area contributed by atoms with E-state index in [1.165, 1.54) is 40.3 Å². The van der Waals surface area contributed by atoms with Crippen LogP contribution in [0.2, 0.25) is 0 Å². The number of aryl methyl sites for hydroxylation is 1. The lowest BCUT2D eigenvalue weighted by Gasteiger charge is -2.26. The lowest BCUT2D eigenvalue weighted by atomic mass is 10.1. The summed E-state index contributed by atoms with van der Waals surface area (Å²) in [4.78, 5) is 25.9. The zero-order valence-corrected chi connectivity index (χ0v) is 26.8. The molecule has 0 spiro atoms. The van der Waals surface area contributed by atoms with Crippen molar-refractivity contribution in [1.82, 2.24) is 24.4 Å². The maximum Gasteiger partial charge on any atom is 0.251 e. The number of rotatable bonds is 11. The van der Waals surface area contributed by atoms with Crippen LogP contribution in [0.5, 0.6) is 5.75 Å². The molecule has 45 heavy (non-hydrogen) atoms. The van der Waals surface area contributed by atoms with E-state index in [1.54, 1.807) is 31.4 Å². The van der Waals surface area contributed by atoms with Gasteiger partial charge >= 0.3 is 0 Å². The molecule has 0 bridgehead atoms. The highest BCUT2D eigenvalue weighted by molar-refractivity contribution is 7.99. The van der Waals surface area contributed by atoms with Gasteiger partial charge in [0.25, 0.3) is 5.91 Å². The first kappa shape index (κ1) is 32.2. The number of methoxy groups -OCH3 is 1. The molecule has 0 atom stereocenters. The molecule has 0 saturated carbocycles. The van der Waals surface area contributed by atoms with Crippen LogP contribution in [0.3, 0.4) is 0 Å². The standard InChI is InChI=1S/C31H34N6O6S2/c1-21-5-4-6-27(22(21)2)37-28(34-35-31(37)44-20-29(38)33-24-9-11-25(42-3)12-10-24)19-32-30(39)23-7-13-26(14-8-23)45(40,41)36-15-17-43-18-16-36/h4-14H,15-20H2,1-3H3,(H,32,39)(H,33,38). The summed E-state index contributed by atoms with van der Waals surface area (Å²) in [5.74, 6) is 0.642. The highest BCUT2D eigenvalue weighted by Crippen LogP contribution is 2.26. The summed E-state index contributed by atoms with van der Waals surface area (Å²) in [6, 6.07) is 18.8. The molecule has 1 aliphatic heterocycles. The number of carbonyl (C=O) groups excluding carboxylic acids is 2. The molecule has 1 aromatic heterocycles. The van der Waals surface area contributed by atoms with Crippen molar-refractivity contribution >= 4 is 39.3 Å². The molecule has 14 heteroatoms. The molecule has 236 valence electrons. The first-order valence-electron chi connectivity index (χ1n) is 14.2. The van der Waals surface area contributed by atoms with Crippen LogP contribution >= 0.6 is 11.8 Å². The molecule has 0 radical (unpaired) electrons. The van der Waals surface area contributed by atoms with Crippen molar-refractivity contribution in [2.24, 2.45) is 0 Å². The highest BCUT2D eigenvalue weighted by Gasteiger charge is 2.26. The third-order valence-corrected chi connectivity index (χ3v) is 10.2. The summed E-state index contributed by atoms with van der Waals surface area (Å²) in [6.45, 7) is 5.32. The number of thioether (sulfide) groups is 1. The minimum absolute atomic E-state index is 0.0473. The average molecular weight is 651 g/mol. The zero-order chi connectivity index (χ0) is 32.0. The molecule has 2 amide bonds. The number of nitrogens with one attached hydrogen (secondary N) is 2. The monoisotopic (exact) mass is 650 g/mol. The van der Waals surface area contributed by atoms with Crippen molar-refractivity contribution < 1.29 is 27.5 Å². The number of amides is 2. The molecular weight excluding hydrogens is 617 g/mol. The van der Waals surface area contributed by atoms with E-state index in [4.69, 9.17) is 9.47 Å². The van der Waals surface area contributed by atoms with Crippen molar-refractivity contribution in [2.75, 3.05) is 44.5 Å². The summed E-state index contributed by atoms with van der Waals surface area (Å²) in [7, 11) is -2.09. The Kier molecular flexibility index (Phi) is 10.2. The van der Waals surface area contributed by atoms with Crippen LogP contribution in [0.1, 0.15) is 27.3 Å².